The van der Waals surface area contributed by atoms with Gasteiger partial charge in [-0.05, 0) is 13.3 Å². The van der Waals surface area contributed by atoms with Crippen molar-refractivity contribution in [3.63, 3.8) is 0 Å². The topological polar surface area (TPSA) is 32.3 Å². The molecule has 0 radical (unpaired) electrons. The molecule has 0 rings (SSSR count). The predicted molar refractivity (Wildman–Crippen MR) is 39.4 cm³/mol. The fourth-order valence-corrected chi connectivity index (χ4v) is 0.644. The number of aliphatic hydroxyl groups excluding tert-OH is 1. The maximum absolute atomic E-state index is 8.40. The van der Waals surface area contributed by atoms with Gasteiger partial charge in [-0.25, -0.2) is 0 Å². The van der Waals surface area contributed by atoms with Gasteiger partial charge in [0, 0.05) is 12.6 Å². The Hall–Kier alpha value is -0.340. The second-order valence-electron chi connectivity index (χ2n) is 2.10. The van der Waals surface area contributed by atoms with E-state index in [-0.39, 0.29) is 6.61 Å². The Balaban J connectivity index is 3.04. The average Bonchev–Trinajstić information content (AvgIpc) is 1.85. The zero-order chi connectivity index (χ0) is 7.11. The Kier molecular flexibility index (Phi) is 5.57. The summed E-state index contributed by atoms with van der Waals surface area (Å²) in [6, 6.07) is 0.439. The second-order valence-corrected chi connectivity index (χ2v) is 2.10. The van der Waals surface area contributed by atoms with Gasteiger partial charge in [0.05, 0.1) is 6.61 Å². The van der Waals surface area contributed by atoms with Gasteiger partial charge < -0.3 is 10.4 Å². The fourth-order valence-electron chi connectivity index (χ4n) is 0.644. The van der Waals surface area contributed by atoms with E-state index in [1.165, 1.54) is 0 Å². The van der Waals surface area contributed by atoms with Crippen molar-refractivity contribution in [1.29, 1.82) is 0 Å². The van der Waals surface area contributed by atoms with E-state index in [0.29, 0.717) is 12.6 Å². The van der Waals surface area contributed by atoms with Crippen molar-refractivity contribution in [3.8, 4) is 0 Å². The maximum Gasteiger partial charge on any atom is 0.0556 e. The minimum atomic E-state index is 0.210. The molecule has 0 aromatic rings. The van der Waals surface area contributed by atoms with E-state index < -0.39 is 0 Å². The summed E-state index contributed by atoms with van der Waals surface area (Å²) in [6.45, 7) is 6.56. The van der Waals surface area contributed by atoms with E-state index in [4.69, 9.17) is 5.11 Å². The summed E-state index contributed by atoms with van der Waals surface area (Å²) >= 11 is 0. The van der Waals surface area contributed by atoms with E-state index in [2.05, 4.69) is 18.8 Å². The van der Waals surface area contributed by atoms with Gasteiger partial charge in [0.25, 0.3) is 0 Å². The SMILES string of the molecule is C=CC[C@H](C)NCCO. The molecule has 2 nitrogen and oxygen atoms in total. The highest BCUT2D eigenvalue weighted by Gasteiger charge is 1.94. The van der Waals surface area contributed by atoms with Gasteiger partial charge in [0.1, 0.15) is 0 Å². The van der Waals surface area contributed by atoms with E-state index >= 15 is 0 Å². The lowest BCUT2D eigenvalue weighted by molar-refractivity contribution is 0.286. The minimum Gasteiger partial charge on any atom is -0.395 e. The molecule has 0 aromatic heterocycles. The van der Waals surface area contributed by atoms with E-state index in [1.54, 1.807) is 0 Å². The van der Waals surface area contributed by atoms with E-state index in [1.807, 2.05) is 6.08 Å². The van der Waals surface area contributed by atoms with Crippen molar-refractivity contribution in [2.45, 2.75) is 19.4 Å². The van der Waals surface area contributed by atoms with Crippen molar-refractivity contribution < 1.29 is 5.11 Å². The van der Waals surface area contributed by atoms with Crippen molar-refractivity contribution >= 4 is 0 Å². The monoisotopic (exact) mass is 129 g/mol. The molecule has 0 aliphatic rings. The Morgan fingerprint density at radius 1 is 1.78 bits per heavy atom. The first-order valence-corrected chi connectivity index (χ1v) is 3.26. The summed E-state index contributed by atoms with van der Waals surface area (Å²) in [4.78, 5) is 0. The molecule has 1 atom stereocenters. The smallest absolute Gasteiger partial charge is 0.0556 e. The molecule has 54 valence electrons. The molecule has 0 saturated carbocycles. The van der Waals surface area contributed by atoms with Crippen LogP contribution < -0.4 is 5.32 Å². The summed E-state index contributed by atoms with van der Waals surface area (Å²) in [5.74, 6) is 0. The lowest BCUT2D eigenvalue weighted by atomic mass is 10.2. The summed E-state index contributed by atoms with van der Waals surface area (Å²) < 4.78 is 0. The molecule has 0 heterocycles. The largest absolute Gasteiger partial charge is 0.395 e. The third-order valence-corrected chi connectivity index (χ3v) is 1.12. The number of rotatable bonds is 5. The number of aliphatic hydroxyl groups is 1. The van der Waals surface area contributed by atoms with E-state index in [0.717, 1.165) is 6.42 Å². The summed E-state index contributed by atoms with van der Waals surface area (Å²) in [5.41, 5.74) is 0. The minimum absolute atomic E-state index is 0.210. The van der Waals surface area contributed by atoms with Crippen LogP contribution in [-0.4, -0.2) is 24.3 Å². The fraction of sp³-hybridized carbons (Fsp3) is 0.714. The van der Waals surface area contributed by atoms with Crippen LogP contribution in [0.25, 0.3) is 0 Å². The quantitative estimate of drug-likeness (QED) is 0.531. The molecule has 0 unspecified atom stereocenters. The van der Waals surface area contributed by atoms with Gasteiger partial charge in [-0.1, -0.05) is 6.08 Å². The van der Waals surface area contributed by atoms with Crippen LogP contribution >= 0.6 is 0 Å². The van der Waals surface area contributed by atoms with Crippen LogP contribution in [0.3, 0.4) is 0 Å². The van der Waals surface area contributed by atoms with Crippen molar-refractivity contribution in [1.82, 2.24) is 5.32 Å². The van der Waals surface area contributed by atoms with Crippen LogP contribution in [0.1, 0.15) is 13.3 Å². The molecule has 9 heavy (non-hydrogen) atoms. The second kappa shape index (κ2) is 5.79. The van der Waals surface area contributed by atoms with Crippen LogP contribution in [0.2, 0.25) is 0 Å². The molecule has 0 fully saturated rings. The van der Waals surface area contributed by atoms with Gasteiger partial charge in [0.15, 0.2) is 0 Å². The van der Waals surface area contributed by atoms with Gasteiger partial charge in [-0.15, -0.1) is 6.58 Å². The molecule has 0 bridgehead atoms. The van der Waals surface area contributed by atoms with Gasteiger partial charge in [0.2, 0.25) is 0 Å². The molecule has 0 aliphatic heterocycles. The molecule has 0 spiro atoms. The summed E-state index contributed by atoms with van der Waals surface area (Å²) in [7, 11) is 0. The van der Waals surface area contributed by atoms with Crippen LogP contribution in [0, 0.1) is 0 Å². The zero-order valence-electron chi connectivity index (χ0n) is 5.93. The van der Waals surface area contributed by atoms with Gasteiger partial charge in [-0.2, -0.15) is 0 Å². The van der Waals surface area contributed by atoms with E-state index in [9.17, 15) is 0 Å². The molecule has 2 heteroatoms. The van der Waals surface area contributed by atoms with Crippen LogP contribution in [0.4, 0.5) is 0 Å². The average molecular weight is 129 g/mol. The Morgan fingerprint density at radius 3 is 2.89 bits per heavy atom. The first-order valence-electron chi connectivity index (χ1n) is 3.26. The summed E-state index contributed by atoms with van der Waals surface area (Å²) in [6.07, 6.45) is 2.83. The highest BCUT2D eigenvalue weighted by Crippen LogP contribution is 1.88. The Morgan fingerprint density at radius 2 is 2.44 bits per heavy atom. The van der Waals surface area contributed by atoms with Gasteiger partial charge >= 0.3 is 0 Å². The number of hydrogen-bond donors (Lipinski definition) is 2. The third-order valence-electron chi connectivity index (χ3n) is 1.12. The molecule has 2 N–H and O–H groups in total. The van der Waals surface area contributed by atoms with Crippen molar-refractivity contribution in [2.75, 3.05) is 13.2 Å². The predicted octanol–water partition coefficient (Wildman–Crippen LogP) is 0.533. The van der Waals surface area contributed by atoms with Gasteiger partial charge in [-0.3, -0.25) is 0 Å². The standard InChI is InChI=1S/C7H15NO/c1-3-4-7(2)8-5-6-9/h3,7-9H,1,4-6H2,2H3/t7-/m0/s1. The highest BCUT2D eigenvalue weighted by molar-refractivity contribution is 4.74. The lowest BCUT2D eigenvalue weighted by Crippen LogP contribution is -2.27. The first-order chi connectivity index (χ1) is 4.31. The molecular weight excluding hydrogens is 114 g/mol. The molecular formula is C7H15NO. The maximum atomic E-state index is 8.40. The molecule has 0 saturated heterocycles. The summed E-state index contributed by atoms with van der Waals surface area (Å²) in [5, 5.41) is 11.5. The lowest BCUT2D eigenvalue weighted by Gasteiger charge is -2.08. The van der Waals surface area contributed by atoms with Crippen LogP contribution in [0.15, 0.2) is 12.7 Å². The molecule has 0 aliphatic carbocycles. The highest BCUT2D eigenvalue weighted by atomic mass is 16.3. The van der Waals surface area contributed by atoms with Crippen molar-refractivity contribution in [3.05, 3.63) is 12.7 Å². The first kappa shape index (κ1) is 8.66. The molecule has 0 amide bonds. The third kappa shape index (κ3) is 5.53. The molecule has 0 aromatic carbocycles. The normalized spacial score (nSPS) is 13.1. The van der Waals surface area contributed by atoms with Crippen LogP contribution in [-0.2, 0) is 0 Å². The Bertz CT molecular complexity index is 73.3. The number of hydrogen-bond acceptors (Lipinski definition) is 2. The Labute approximate surface area is 56.6 Å². The van der Waals surface area contributed by atoms with Crippen LogP contribution in [0.5, 0.6) is 0 Å². The zero-order valence-corrected chi connectivity index (χ0v) is 5.93. The van der Waals surface area contributed by atoms with Crippen molar-refractivity contribution in [2.24, 2.45) is 0 Å². The number of nitrogens with one attached hydrogen (secondary N) is 1.